The maximum absolute atomic E-state index is 5.37. The lowest BCUT2D eigenvalue weighted by molar-refractivity contribution is 0.154. The van der Waals surface area contributed by atoms with Crippen LogP contribution in [0.5, 0.6) is 5.75 Å². The summed E-state index contributed by atoms with van der Waals surface area (Å²) in [5.74, 6) is 1.66. The van der Waals surface area contributed by atoms with Crippen molar-refractivity contribution in [3.05, 3.63) is 29.8 Å². The van der Waals surface area contributed by atoms with Crippen LogP contribution in [-0.2, 0) is 0 Å². The van der Waals surface area contributed by atoms with E-state index in [1.807, 2.05) is 6.07 Å². The van der Waals surface area contributed by atoms with Crippen LogP contribution >= 0.6 is 24.8 Å². The molecule has 0 spiro atoms. The summed E-state index contributed by atoms with van der Waals surface area (Å²) in [6.07, 6.45) is 1.20. The minimum Gasteiger partial charge on any atom is -0.497 e. The molecule has 1 aliphatic heterocycles. The van der Waals surface area contributed by atoms with Gasteiger partial charge >= 0.3 is 0 Å². The third kappa shape index (κ3) is 6.03. The smallest absolute Gasteiger partial charge is 0.119 e. The molecule has 0 radical (unpaired) electrons. The molecule has 0 aromatic heterocycles. The minimum absolute atomic E-state index is 0. The molecular formula is C16H28Cl2N2O. The third-order valence-electron chi connectivity index (χ3n) is 3.77. The summed E-state index contributed by atoms with van der Waals surface area (Å²) >= 11 is 0. The van der Waals surface area contributed by atoms with Gasteiger partial charge in [-0.25, -0.2) is 0 Å². The highest BCUT2D eigenvalue weighted by Gasteiger charge is 2.23. The zero-order valence-electron chi connectivity index (χ0n) is 13.2. The van der Waals surface area contributed by atoms with E-state index < -0.39 is 0 Å². The Hall–Kier alpha value is -0.480. The molecule has 0 aliphatic carbocycles. The van der Waals surface area contributed by atoms with E-state index in [2.05, 4.69) is 42.3 Å². The fourth-order valence-electron chi connectivity index (χ4n) is 2.79. The normalized spacial score (nSPS) is 16.8. The summed E-state index contributed by atoms with van der Waals surface area (Å²) in [5, 5.41) is 3.43. The van der Waals surface area contributed by atoms with Gasteiger partial charge in [-0.05, 0) is 30.0 Å². The molecule has 1 fully saturated rings. The van der Waals surface area contributed by atoms with Crippen LogP contribution in [-0.4, -0.2) is 38.2 Å². The second-order valence-electron chi connectivity index (χ2n) is 5.71. The zero-order valence-corrected chi connectivity index (χ0v) is 14.8. The van der Waals surface area contributed by atoms with Gasteiger partial charge in [-0.15, -0.1) is 24.8 Å². The second kappa shape index (κ2) is 10.3. The number of nitrogens with zero attached hydrogens (tertiary/aromatic N) is 1. The van der Waals surface area contributed by atoms with Crippen LogP contribution in [0.4, 0.5) is 0 Å². The van der Waals surface area contributed by atoms with Gasteiger partial charge in [0.05, 0.1) is 7.11 Å². The molecule has 3 nitrogen and oxygen atoms in total. The summed E-state index contributed by atoms with van der Waals surface area (Å²) in [7, 11) is 1.74. The highest BCUT2D eigenvalue weighted by atomic mass is 35.5. The van der Waals surface area contributed by atoms with Gasteiger partial charge in [-0.3, -0.25) is 4.90 Å². The lowest BCUT2D eigenvalue weighted by atomic mass is 9.95. The highest BCUT2D eigenvalue weighted by Crippen LogP contribution is 2.30. The Morgan fingerprint density at radius 2 is 1.86 bits per heavy atom. The first-order chi connectivity index (χ1) is 9.20. The highest BCUT2D eigenvalue weighted by molar-refractivity contribution is 5.85. The molecule has 1 N–H and O–H groups in total. The van der Waals surface area contributed by atoms with Gasteiger partial charge in [0.15, 0.2) is 0 Å². The van der Waals surface area contributed by atoms with Crippen molar-refractivity contribution in [1.29, 1.82) is 0 Å². The van der Waals surface area contributed by atoms with Crippen LogP contribution in [0, 0.1) is 5.92 Å². The van der Waals surface area contributed by atoms with Gasteiger partial charge in [0.2, 0.25) is 0 Å². The Bertz CT molecular complexity index is 396. The predicted molar refractivity (Wildman–Crippen MR) is 94.1 cm³/mol. The minimum atomic E-state index is 0. The van der Waals surface area contributed by atoms with E-state index >= 15 is 0 Å². The Morgan fingerprint density at radius 3 is 2.43 bits per heavy atom. The van der Waals surface area contributed by atoms with E-state index in [0.29, 0.717) is 12.0 Å². The van der Waals surface area contributed by atoms with Gasteiger partial charge in [-0.1, -0.05) is 26.0 Å². The standard InChI is InChI=1S/C16H26N2O.2ClH/c1-13(2)11-16(18-9-7-17-8-10-18)14-5-4-6-15(12-14)19-3;;/h4-6,12-13,16-17H,7-11H2,1-3H3;2*1H/t16-;;/m0../s1. The summed E-state index contributed by atoms with van der Waals surface area (Å²) < 4.78 is 5.37. The number of hydrogen-bond donors (Lipinski definition) is 1. The molecule has 1 aromatic rings. The molecule has 1 aliphatic rings. The molecule has 0 amide bonds. The number of benzene rings is 1. The molecule has 0 unspecified atom stereocenters. The van der Waals surface area contributed by atoms with Gasteiger partial charge in [0.1, 0.15) is 5.75 Å². The third-order valence-corrected chi connectivity index (χ3v) is 3.77. The Kier molecular flexibility index (Phi) is 10.0. The maximum Gasteiger partial charge on any atom is 0.119 e. The Balaban J connectivity index is 0.00000200. The van der Waals surface area contributed by atoms with E-state index in [1.54, 1.807) is 7.11 Å². The Morgan fingerprint density at radius 1 is 1.19 bits per heavy atom. The van der Waals surface area contributed by atoms with Crippen LogP contribution in [0.1, 0.15) is 31.9 Å². The van der Waals surface area contributed by atoms with Gasteiger partial charge in [0, 0.05) is 32.2 Å². The SMILES string of the molecule is COc1cccc([C@H](CC(C)C)N2CCNCC2)c1.Cl.Cl. The maximum atomic E-state index is 5.37. The molecular weight excluding hydrogens is 307 g/mol. The predicted octanol–water partition coefficient (Wildman–Crippen LogP) is 3.53. The molecule has 1 aromatic carbocycles. The van der Waals surface area contributed by atoms with Crippen LogP contribution in [0.3, 0.4) is 0 Å². The van der Waals surface area contributed by atoms with Gasteiger partial charge < -0.3 is 10.1 Å². The second-order valence-corrected chi connectivity index (χ2v) is 5.71. The molecule has 1 atom stereocenters. The van der Waals surface area contributed by atoms with Crippen LogP contribution in [0.25, 0.3) is 0 Å². The van der Waals surface area contributed by atoms with E-state index in [0.717, 1.165) is 31.9 Å². The molecule has 0 saturated carbocycles. The number of methoxy groups -OCH3 is 1. The molecule has 1 heterocycles. The number of hydrogen-bond acceptors (Lipinski definition) is 3. The number of nitrogens with one attached hydrogen (secondary N) is 1. The molecule has 5 heteroatoms. The number of piperazine rings is 1. The number of rotatable bonds is 5. The topological polar surface area (TPSA) is 24.5 Å². The molecule has 1 saturated heterocycles. The van der Waals surface area contributed by atoms with E-state index in [4.69, 9.17) is 4.74 Å². The van der Waals surface area contributed by atoms with Crippen molar-refractivity contribution >= 4 is 24.8 Å². The van der Waals surface area contributed by atoms with Crippen molar-refractivity contribution in [2.75, 3.05) is 33.3 Å². The zero-order chi connectivity index (χ0) is 13.7. The fraction of sp³-hybridized carbons (Fsp3) is 0.625. The van der Waals surface area contributed by atoms with Crippen molar-refractivity contribution in [3.8, 4) is 5.75 Å². The summed E-state index contributed by atoms with van der Waals surface area (Å²) in [6.45, 7) is 9.06. The Labute approximate surface area is 141 Å². The average molecular weight is 335 g/mol. The molecule has 2 rings (SSSR count). The van der Waals surface area contributed by atoms with Crippen LogP contribution in [0.15, 0.2) is 24.3 Å². The van der Waals surface area contributed by atoms with E-state index in [1.165, 1.54) is 12.0 Å². The quantitative estimate of drug-likeness (QED) is 0.891. The van der Waals surface area contributed by atoms with Gasteiger partial charge in [0.25, 0.3) is 0 Å². The number of ether oxygens (including phenoxy) is 1. The largest absolute Gasteiger partial charge is 0.497 e. The average Bonchev–Trinajstić information content (AvgIpc) is 2.45. The van der Waals surface area contributed by atoms with E-state index in [-0.39, 0.29) is 24.8 Å². The summed E-state index contributed by atoms with van der Waals surface area (Å²) in [5.41, 5.74) is 1.38. The van der Waals surface area contributed by atoms with Crippen LogP contribution in [0.2, 0.25) is 0 Å². The van der Waals surface area contributed by atoms with Crippen molar-refractivity contribution in [1.82, 2.24) is 10.2 Å². The fourth-order valence-corrected chi connectivity index (χ4v) is 2.79. The molecule has 122 valence electrons. The summed E-state index contributed by atoms with van der Waals surface area (Å²) in [6, 6.07) is 9.06. The first-order valence-electron chi connectivity index (χ1n) is 7.29. The van der Waals surface area contributed by atoms with E-state index in [9.17, 15) is 0 Å². The lowest BCUT2D eigenvalue weighted by Crippen LogP contribution is -2.45. The van der Waals surface area contributed by atoms with Gasteiger partial charge in [-0.2, -0.15) is 0 Å². The van der Waals surface area contributed by atoms with Crippen molar-refractivity contribution in [2.24, 2.45) is 5.92 Å². The first kappa shape index (κ1) is 20.5. The van der Waals surface area contributed by atoms with Crippen molar-refractivity contribution < 1.29 is 4.74 Å². The van der Waals surface area contributed by atoms with Crippen LogP contribution < -0.4 is 10.1 Å². The van der Waals surface area contributed by atoms with Crippen molar-refractivity contribution in [2.45, 2.75) is 26.3 Å². The first-order valence-corrected chi connectivity index (χ1v) is 7.29. The van der Waals surface area contributed by atoms with Crippen molar-refractivity contribution in [3.63, 3.8) is 0 Å². The monoisotopic (exact) mass is 334 g/mol. The molecule has 0 bridgehead atoms. The number of halogens is 2. The summed E-state index contributed by atoms with van der Waals surface area (Å²) in [4.78, 5) is 2.60. The lowest BCUT2D eigenvalue weighted by Gasteiger charge is -2.36. The molecule has 21 heavy (non-hydrogen) atoms.